The zero-order valence-corrected chi connectivity index (χ0v) is 16.3. The fraction of sp³-hybridized carbons (Fsp3) is 0.350. The van der Waals surface area contributed by atoms with Crippen LogP contribution in [0, 0.1) is 12.8 Å². The quantitative estimate of drug-likeness (QED) is 0.793. The molecule has 2 atom stereocenters. The van der Waals surface area contributed by atoms with Crippen LogP contribution in [0.5, 0.6) is 0 Å². The second-order valence-corrected chi connectivity index (χ2v) is 8.71. The minimum Gasteiger partial charge on any atom is -0.465 e. The molecule has 7 heteroatoms. The van der Waals surface area contributed by atoms with Crippen molar-refractivity contribution < 1.29 is 17.9 Å². The average molecular weight is 388 g/mol. The van der Waals surface area contributed by atoms with Crippen molar-refractivity contribution >= 4 is 16.0 Å². The Hall–Kier alpha value is -2.22. The Morgan fingerprint density at radius 2 is 1.89 bits per heavy atom. The molecule has 0 unspecified atom stereocenters. The minimum absolute atomic E-state index is 0.0475. The van der Waals surface area contributed by atoms with E-state index in [2.05, 4.69) is 0 Å². The van der Waals surface area contributed by atoms with Gasteiger partial charge in [0.05, 0.1) is 17.6 Å². The van der Waals surface area contributed by atoms with Crippen molar-refractivity contribution in [3.05, 3.63) is 65.2 Å². The highest BCUT2D eigenvalue weighted by molar-refractivity contribution is 7.89. The number of aryl methyl sites for hydroxylation is 1. The van der Waals surface area contributed by atoms with E-state index in [0.717, 1.165) is 5.56 Å². The molecule has 144 valence electrons. The maximum absolute atomic E-state index is 13.3. The predicted octanol–water partition coefficient (Wildman–Crippen LogP) is 2.14. The minimum atomic E-state index is -3.75. The van der Waals surface area contributed by atoms with E-state index in [1.165, 1.54) is 17.5 Å². The molecule has 1 saturated heterocycles. The van der Waals surface area contributed by atoms with Crippen LogP contribution in [0.25, 0.3) is 0 Å². The molecular weight excluding hydrogens is 364 g/mol. The number of nitrogens with two attached hydrogens (primary N) is 1. The summed E-state index contributed by atoms with van der Waals surface area (Å²) in [6.07, 6.45) is 0. The van der Waals surface area contributed by atoms with Crippen molar-refractivity contribution in [1.29, 1.82) is 0 Å². The van der Waals surface area contributed by atoms with E-state index in [4.69, 9.17) is 10.5 Å². The van der Waals surface area contributed by atoms with Crippen LogP contribution in [0.3, 0.4) is 0 Å². The van der Waals surface area contributed by atoms with Crippen molar-refractivity contribution in [1.82, 2.24) is 4.31 Å². The van der Waals surface area contributed by atoms with Gasteiger partial charge in [0.1, 0.15) is 0 Å². The summed E-state index contributed by atoms with van der Waals surface area (Å²) in [6, 6.07) is 14.4. The summed E-state index contributed by atoms with van der Waals surface area (Å²) in [5, 5.41) is 0. The van der Waals surface area contributed by atoms with Crippen LogP contribution in [0.1, 0.15) is 27.4 Å². The monoisotopic (exact) mass is 388 g/mol. The van der Waals surface area contributed by atoms with E-state index in [1.807, 2.05) is 30.3 Å². The van der Waals surface area contributed by atoms with Crippen LogP contribution in [-0.4, -0.2) is 45.4 Å². The molecule has 1 heterocycles. The lowest BCUT2D eigenvalue weighted by molar-refractivity contribution is 0.0600. The van der Waals surface area contributed by atoms with Crippen molar-refractivity contribution in [2.24, 2.45) is 11.7 Å². The van der Waals surface area contributed by atoms with Crippen LogP contribution in [0.4, 0.5) is 0 Å². The molecule has 3 rings (SSSR count). The second-order valence-electron chi connectivity index (χ2n) is 6.81. The zero-order valence-electron chi connectivity index (χ0n) is 15.5. The van der Waals surface area contributed by atoms with Crippen molar-refractivity contribution in [3.63, 3.8) is 0 Å². The van der Waals surface area contributed by atoms with Crippen LogP contribution < -0.4 is 5.73 Å². The molecule has 0 aliphatic carbocycles. The number of rotatable bonds is 5. The number of hydrogen-bond acceptors (Lipinski definition) is 5. The van der Waals surface area contributed by atoms with Crippen molar-refractivity contribution in [2.45, 2.75) is 17.7 Å². The van der Waals surface area contributed by atoms with E-state index < -0.39 is 16.0 Å². The topological polar surface area (TPSA) is 89.7 Å². The van der Waals surface area contributed by atoms with Crippen LogP contribution in [-0.2, 0) is 14.8 Å². The first-order valence-corrected chi connectivity index (χ1v) is 10.3. The summed E-state index contributed by atoms with van der Waals surface area (Å²) >= 11 is 0. The maximum Gasteiger partial charge on any atom is 0.337 e. The number of nitrogens with zero attached hydrogens (tertiary/aromatic N) is 1. The van der Waals surface area contributed by atoms with Gasteiger partial charge in [0, 0.05) is 19.0 Å². The maximum atomic E-state index is 13.3. The number of sulfonamides is 1. The van der Waals surface area contributed by atoms with Gasteiger partial charge in [-0.25, -0.2) is 13.2 Å². The van der Waals surface area contributed by atoms with Gasteiger partial charge in [-0.05, 0) is 42.6 Å². The van der Waals surface area contributed by atoms with Crippen LogP contribution in [0.15, 0.2) is 53.4 Å². The lowest BCUT2D eigenvalue weighted by atomic mass is 9.89. The van der Waals surface area contributed by atoms with Gasteiger partial charge >= 0.3 is 5.97 Å². The van der Waals surface area contributed by atoms with Gasteiger partial charge in [-0.1, -0.05) is 36.4 Å². The van der Waals surface area contributed by atoms with Gasteiger partial charge < -0.3 is 10.5 Å². The fourth-order valence-electron chi connectivity index (χ4n) is 3.61. The number of carbonyl (C=O) groups excluding carboxylic acids is 1. The molecule has 0 radical (unpaired) electrons. The number of ether oxygens (including phenoxy) is 1. The second kappa shape index (κ2) is 7.80. The van der Waals surface area contributed by atoms with Gasteiger partial charge in [0.25, 0.3) is 0 Å². The molecule has 27 heavy (non-hydrogen) atoms. The Morgan fingerprint density at radius 3 is 2.52 bits per heavy atom. The van der Waals surface area contributed by atoms with E-state index >= 15 is 0 Å². The molecular formula is C20H24N2O4S. The van der Waals surface area contributed by atoms with Crippen molar-refractivity contribution in [3.8, 4) is 0 Å². The largest absolute Gasteiger partial charge is 0.465 e. The number of carbonyl (C=O) groups is 1. The molecule has 2 N–H and O–H groups in total. The van der Waals surface area contributed by atoms with E-state index in [1.54, 1.807) is 19.1 Å². The Bertz CT molecular complexity index is 928. The Kier molecular flexibility index (Phi) is 5.64. The third-order valence-corrected chi connectivity index (χ3v) is 7.14. The molecule has 2 aromatic carbocycles. The van der Waals surface area contributed by atoms with E-state index in [-0.39, 0.29) is 22.3 Å². The molecule has 1 aliphatic rings. The molecule has 0 spiro atoms. The molecule has 0 saturated carbocycles. The normalized spacial score (nSPS) is 20.6. The molecule has 2 aromatic rings. The highest BCUT2D eigenvalue weighted by atomic mass is 32.2. The number of methoxy groups -OCH3 is 1. The number of benzene rings is 2. The first-order chi connectivity index (χ1) is 12.9. The molecule has 0 bridgehead atoms. The van der Waals surface area contributed by atoms with Crippen LogP contribution >= 0.6 is 0 Å². The van der Waals surface area contributed by atoms with Gasteiger partial charge in [0.2, 0.25) is 10.0 Å². The predicted molar refractivity (Wildman–Crippen MR) is 103 cm³/mol. The standard InChI is InChI=1S/C20H24N2O4S/c1-14-8-9-16(20(23)26-2)10-19(14)27(24,25)22-12-17(11-21)18(13-22)15-6-4-3-5-7-15/h3-10,17-18H,11-13,21H2,1-2H3/t17-,18+/m1/s1. The summed E-state index contributed by atoms with van der Waals surface area (Å²) in [6.45, 7) is 2.86. The van der Waals surface area contributed by atoms with Gasteiger partial charge in [0.15, 0.2) is 0 Å². The Morgan fingerprint density at radius 1 is 1.19 bits per heavy atom. The van der Waals surface area contributed by atoms with Crippen LogP contribution in [0.2, 0.25) is 0 Å². The molecule has 1 aliphatic heterocycles. The molecule has 0 aromatic heterocycles. The SMILES string of the molecule is COC(=O)c1ccc(C)c(S(=O)(=O)N2C[C@@H](CN)[C@H](c3ccccc3)C2)c1. The first-order valence-electron chi connectivity index (χ1n) is 8.82. The van der Waals surface area contributed by atoms with Crippen molar-refractivity contribution in [2.75, 3.05) is 26.7 Å². The molecule has 6 nitrogen and oxygen atoms in total. The lowest BCUT2D eigenvalue weighted by Gasteiger charge is -2.18. The molecule has 0 amide bonds. The summed E-state index contributed by atoms with van der Waals surface area (Å²) in [7, 11) is -2.48. The number of hydrogen-bond donors (Lipinski definition) is 1. The highest BCUT2D eigenvalue weighted by Gasteiger charge is 2.40. The average Bonchev–Trinajstić information content (AvgIpc) is 3.13. The van der Waals surface area contributed by atoms with Gasteiger partial charge in [-0.2, -0.15) is 4.31 Å². The summed E-state index contributed by atoms with van der Waals surface area (Å²) in [5.74, 6) is -0.462. The highest BCUT2D eigenvalue weighted by Crippen LogP contribution is 2.35. The van der Waals surface area contributed by atoms with Gasteiger partial charge in [-0.3, -0.25) is 0 Å². The summed E-state index contributed by atoms with van der Waals surface area (Å²) in [4.78, 5) is 11.9. The Labute approximate surface area is 160 Å². The van der Waals surface area contributed by atoms with E-state index in [9.17, 15) is 13.2 Å². The number of esters is 1. The van der Waals surface area contributed by atoms with Gasteiger partial charge in [-0.15, -0.1) is 0 Å². The summed E-state index contributed by atoms with van der Waals surface area (Å²) < 4.78 is 32.8. The van der Waals surface area contributed by atoms with E-state index in [0.29, 0.717) is 25.2 Å². The third-order valence-electron chi connectivity index (χ3n) is 5.17. The smallest absolute Gasteiger partial charge is 0.337 e. The third kappa shape index (κ3) is 3.76. The first kappa shape index (κ1) is 19.5. The fourth-order valence-corrected chi connectivity index (χ4v) is 5.38. The lowest BCUT2D eigenvalue weighted by Crippen LogP contribution is -2.30. The zero-order chi connectivity index (χ0) is 19.6. The molecule has 1 fully saturated rings. The Balaban J connectivity index is 1.95. The summed E-state index contributed by atoms with van der Waals surface area (Å²) in [5.41, 5.74) is 7.83.